The molecule has 0 aromatic carbocycles. The van der Waals surface area contributed by atoms with E-state index in [1.165, 1.54) is 7.11 Å². The van der Waals surface area contributed by atoms with E-state index in [2.05, 4.69) is 4.74 Å². The third-order valence-corrected chi connectivity index (χ3v) is 1.08. The van der Waals surface area contributed by atoms with Crippen LogP contribution in [-0.2, 0) is 14.3 Å². The maximum atomic E-state index is 10.4. The molecule has 58 valence electrons. The lowest BCUT2D eigenvalue weighted by Gasteiger charge is -2.00. The van der Waals surface area contributed by atoms with Crippen LogP contribution in [0.3, 0.4) is 0 Å². The van der Waals surface area contributed by atoms with Crippen molar-refractivity contribution in [1.29, 1.82) is 0 Å². The van der Waals surface area contributed by atoms with E-state index < -0.39 is 6.04 Å². The molecule has 0 aliphatic heterocycles. The number of carbonyl (C=O) groups is 2. The highest BCUT2D eigenvalue weighted by Gasteiger charge is 2.04. The predicted molar refractivity (Wildman–Crippen MR) is 35.3 cm³/mol. The number of hydrogen-bond acceptors (Lipinski definition) is 4. The standard InChI is InChI=1S/C6H11NO3/c1-10-6(9)3-2-5(7)4-8/h4-5H,2-3,7H2,1H3/t5-/m0/s1. The summed E-state index contributed by atoms with van der Waals surface area (Å²) in [7, 11) is 1.30. The summed E-state index contributed by atoms with van der Waals surface area (Å²) in [4.78, 5) is 20.4. The number of ether oxygens (including phenoxy) is 1. The van der Waals surface area contributed by atoms with Crippen molar-refractivity contribution in [1.82, 2.24) is 0 Å². The monoisotopic (exact) mass is 145 g/mol. The molecule has 0 aromatic heterocycles. The van der Waals surface area contributed by atoms with Crippen molar-refractivity contribution >= 4 is 12.3 Å². The Balaban J connectivity index is 3.34. The van der Waals surface area contributed by atoms with Crippen LogP contribution in [0.2, 0.25) is 0 Å². The second kappa shape index (κ2) is 4.93. The van der Waals surface area contributed by atoms with E-state index in [-0.39, 0.29) is 12.4 Å². The Morgan fingerprint density at radius 1 is 1.80 bits per heavy atom. The largest absolute Gasteiger partial charge is 0.469 e. The van der Waals surface area contributed by atoms with Gasteiger partial charge in [-0.25, -0.2) is 0 Å². The average Bonchev–Trinajstić information content (AvgIpc) is 1.99. The van der Waals surface area contributed by atoms with Crippen molar-refractivity contribution in [2.75, 3.05) is 7.11 Å². The fraction of sp³-hybridized carbons (Fsp3) is 0.667. The molecule has 4 nitrogen and oxygen atoms in total. The molecule has 1 atom stereocenters. The Morgan fingerprint density at radius 2 is 2.40 bits per heavy atom. The van der Waals surface area contributed by atoms with Gasteiger partial charge in [0.05, 0.1) is 13.2 Å². The molecule has 0 aromatic rings. The van der Waals surface area contributed by atoms with Crippen LogP contribution in [-0.4, -0.2) is 25.4 Å². The van der Waals surface area contributed by atoms with Gasteiger partial charge in [-0.15, -0.1) is 0 Å². The average molecular weight is 145 g/mol. The molecule has 0 spiro atoms. The van der Waals surface area contributed by atoms with Gasteiger partial charge in [0.15, 0.2) is 0 Å². The van der Waals surface area contributed by atoms with Gasteiger partial charge in [0.1, 0.15) is 6.29 Å². The predicted octanol–water partition coefficient (Wildman–Crippen LogP) is -0.534. The topological polar surface area (TPSA) is 69.4 Å². The molecular formula is C6H11NO3. The summed E-state index contributed by atoms with van der Waals surface area (Å²) in [5.41, 5.74) is 5.20. The number of nitrogens with two attached hydrogens (primary N) is 1. The van der Waals surface area contributed by atoms with E-state index in [0.717, 1.165) is 0 Å². The zero-order chi connectivity index (χ0) is 7.98. The zero-order valence-corrected chi connectivity index (χ0v) is 5.87. The van der Waals surface area contributed by atoms with Gasteiger partial charge in [-0.2, -0.15) is 0 Å². The highest BCUT2D eigenvalue weighted by atomic mass is 16.5. The van der Waals surface area contributed by atoms with Gasteiger partial charge in [0.25, 0.3) is 0 Å². The van der Waals surface area contributed by atoms with E-state index in [9.17, 15) is 9.59 Å². The lowest BCUT2D eigenvalue weighted by molar-refractivity contribution is -0.140. The minimum atomic E-state index is -0.543. The molecule has 0 unspecified atom stereocenters. The molecule has 0 amide bonds. The van der Waals surface area contributed by atoms with Gasteiger partial charge >= 0.3 is 5.97 Å². The minimum absolute atomic E-state index is 0.205. The summed E-state index contributed by atoms with van der Waals surface area (Å²) < 4.78 is 4.33. The molecule has 2 N–H and O–H groups in total. The van der Waals surface area contributed by atoms with Crippen LogP contribution in [0.5, 0.6) is 0 Å². The molecule has 0 radical (unpaired) electrons. The lowest BCUT2D eigenvalue weighted by Crippen LogP contribution is -2.22. The maximum absolute atomic E-state index is 10.4. The van der Waals surface area contributed by atoms with Crippen LogP contribution in [0, 0.1) is 0 Å². The zero-order valence-electron chi connectivity index (χ0n) is 5.87. The van der Waals surface area contributed by atoms with Crippen LogP contribution in [0.15, 0.2) is 0 Å². The maximum Gasteiger partial charge on any atom is 0.305 e. The molecule has 0 rings (SSSR count). The molecule has 0 aliphatic rings. The van der Waals surface area contributed by atoms with Crippen molar-refractivity contribution in [2.24, 2.45) is 5.73 Å². The van der Waals surface area contributed by atoms with E-state index in [1.807, 2.05) is 0 Å². The summed E-state index contributed by atoms with van der Waals surface area (Å²) in [6.07, 6.45) is 1.18. The third kappa shape index (κ3) is 4.03. The van der Waals surface area contributed by atoms with Crippen molar-refractivity contribution in [3.05, 3.63) is 0 Å². The van der Waals surface area contributed by atoms with Gasteiger partial charge in [0.2, 0.25) is 0 Å². The molecule has 0 saturated heterocycles. The molecule has 0 bridgehead atoms. The van der Waals surface area contributed by atoms with Crippen molar-refractivity contribution in [3.63, 3.8) is 0 Å². The molecule has 0 saturated carbocycles. The van der Waals surface area contributed by atoms with Gasteiger partial charge < -0.3 is 15.3 Å². The summed E-state index contributed by atoms with van der Waals surface area (Å²) in [6.45, 7) is 0. The van der Waals surface area contributed by atoms with Gasteiger partial charge in [-0.3, -0.25) is 4.79 Å². The molecule has 0 aliphatic carbocycles. The SMILES string of the molecule is COC(=O)CC[C@H](N)C=O. The number of rotatable bonds is 4. The van der Waals surface area contributed by atoms with E-state index in [0.29, 0.717) is 12.7 Å². The second-order valence-electron chi connectivity index (χ2n) is 1.91. The van der Waals surface area contributed by atoms with E-state index in [4.69, 9.17) is 5.73 Å². The Hall–Kier alpha value is -0.900. The summed E-state index contributed by atoms with van der Waals surface area (Å²) in [5, 5.41) is 0. The van der Waals surface area contributed by atoms with Crippen LogP contribution in [0.1, 0.15) is 12.8 Å². The van der Waals surface area contributed by atoms with E-state index >= 15 is 0 Å². The first-order chi connectivity index (χ1) is 4.70. The molecule has 0 heterocycles. The highest BCUT2D eigenvalue weighted by Crippen LogP contribution is 1.93. The van der Waals surface area contributed by atoms with Gasteiger partial charge in [-0.1, -0.05) is 0 Å². The van der Waals surface area contributed by atoms with Crippen molar-refractivity contribution in [3.8, 4) is 0 Å². The number of esters is 1. The molecule has 4 heteroatoms. The number of carbonyl (C=O) groups excluding carboxylic acids is 2. The number of hydrogen-bond donors (Lipinski definition) is 1. The summed E-state index contributed by atoms with van der Waals surface area (Å²) in [6, 6.07) is -0.543. The first-order valence-corrected chi connectivity index (χ1v) is 2.98. The first-order valence-electron chi connectivity index (χ1n) is 2.98. The summed E-state index contributed by atoms with van der Waals surface area (Å²) in [5.74, 6) is -0.336. The first kappa shape index (κ1) is 9.10. The van der Waals surface area contributed by atoms with Crippen LogP contribution in [0.4, 0.5) is 0 Å². The molecule has 0 fully saturated rings. The van der Waals surface area contributed by atoms with Crippen molar-refractivity contribution in [2.45, 2.75) is 18.9 Å². The fourth-order valence-corrected chi connectivity index (χ4v) is 0.455. The van der Waals surface area contributed by atoms with Crippen molar-refractivity contribution < 1.29 is 14.3 Å². The smallest absolute Gasteiger partial charge is 0.305 e. The van der Waals surface area contributed by atoms with Gasteiger partial charge in [0, 0.05) is 6.42 Å². The quantitative estimate of drug-likeness (QED) is 0.426. The highest BCUT2D eigenvalue weighted by molar-refractivity contribution is 5.70. The Labute approximate surface area is 59.3 Å². The second-order valence-corrected chi connectivity index (χ2v) is 1.91. The Kier molecular flexibility index (Phi) is 4.49. The minimum Gasteiger partial charge on any atom is -0.469 e. The Bertz CT molecular complexity index is 124. The lowest BCUT2D eigenvalue weighted by atomic mass is 10.2. The van der Waals surface area contributed by atoms with Gasteiger partial charge in [-0.05, 0) is 6.42 Å². The molecule has 10 heavy (non-hydrogen) atoms. The Morgan fingerprint density at radius 3 is 2.80 bits per heavy atom. The number of aldehydes is 1. The van der Waals surface area contributed by atoms with E-state index in [1.54, 1.807) is 0 Å². The summed E-state index contributed by atoms with van der Waals surface area (Å²) >= 11 is 0. The fourth-order valence-electron chi connectivity index (χ4n) is 0.455. The third-order valence-electron chi connectivity index (χ3n) is 1.08. The molecular weight excluding hydrogens is 134 g/mol. The van der Waals surface area contributed by atoms with Crippen LogP contribution < -0.4 is 5.73 Å². The normalized spacial score (nSPS) is 12.2. The van der Waals surface area contributed by atoms with Crippen LogP contribution in [0.25, 0.3) is 0 Å². The number of methoxy groups -OCH3 is 1. The van der Waals surface area contributed by atoms with Crippen LogP contribution >= 0.6 is 0 Å².